The normalized spacial score (nSPS) is 10.6. The molecule has 0 bridgehead atoms. The molecule has 0 unspecified atom stereocenters. The fourth-order valence-electron chi connectivity index (χ4n) is 2.43. The number of anilines is 1. The Kier molecular flexibility index (Phi) is 4.88. The number of pyridine rings is 1. The van der Waals surface area contributed by atoms with Gasteiger partial charge in [0.25, 0.3) is 11.5 Å². The fourth-order valence-corrected chi connectivity index (χ4v) is 2.43. The molecule has 2 aromatic carbocycles. The maximum Gasteiger partial charge on any atom is 0.263 e. The van der Waals surface area contributed by atoms with E-state index in [1.54, 1.807) is 6.07 Å². The van der Waals surface area contributed by atoms with Gasteiger partial charge in [0.1, 0.15) is 23.0 Å². The molecule has 1 aromatic heterocycles. The summed E-state index contributed by atoms with van der Waals surface area (Å²) in [6.45, 7) is -0.0685. The molecule has 0 aliphatic carbocycles. The first kappa shape index (κ1) is 17.5. The number of hydrogen-bond acceptors (Lipinski definition) is 2. The van der Waals surface area contributed by atoms with Crippen molar-refractivity contribution in [2.24, 2.45) is 0 Å². The van der Waals surface area contributed by atoms with Crippen LogP contribution in [0.3, 0.4) is 0 Å². The summed E-state index contributed by atoms with van der Waals surface area (Å²) in [5, 5.41) is 2.17. The van der Waals surface area contributed by atoms with Crippen LogP contribution in [0.25, 0.3) is 0 Å². The van der Waals surface area contributed by atoms with E-state index in [1.165, 1.54) is 36.5 Å². The first-order valence-corrected chi connectivity index (χ1v) is 7.65. The second-order valence-corrected chi connectivity index (χ2v) is 5.52. The lowest BCUT2D eigenvalue weighted by Crippen LogP contribution is -2.29. The van der Waals surface area contributed by atoms with Crippen LogP contribution in [-0.4, -0.2) is 10.5 Å². The zero-order valence-electron chi connectivity index (χ0n) is 13.4. The average molecular weight is 358 g/mol. The third-order valence-corrected chi connectivity index (χ3v) is 3.74. The van der Waals surface area contributed by atoms with Crippen LogP contribution in [0.5, 0.6) is 0 Å². The zero-order chi connectivity index (χ0) is 18.7. The van der Waals surface area contributed by atoms with E-state index in [4.69, 9.17) is 0 Å². The summed E-state index contributed by atoms with van der Waals surface area (Å²) in [6, 6.07) is 11.2. The molecule has 0 fully saturated rings. The van der Waals surface area contributed by atoms with Crippen LogP contribution in [0.15, 0.2) is 65.6 Å². The summed E-state index contributed by atoms with van der Waals surface area (Å²) in [5.41, 5.74) is -1.04. The highest BCUT2D eigenvalue weighted by atomic mass is 19.1. The molecule has 3 rings (SSSR count). The van der Waals surface area contributed by atoms with Gasteiger partial charge in [-0.3, -0.25) is 9.59 Å². The number of benzene rings is 2. The van der Waals surface area contributed by atoms with Crippen molar-refractivity contribution in [3.8, 4) is 0 Å². The molecule has 0 radical (unpaired) electrons. The number of rotatable bonds is 4. The number of nitrogens with one attached hydrogen (secondary N) is 1. The third kappa shape index (κ3) is 3.66. The highest BCUT2D eigenvalue weighted by molar-refractivity contribution is 6.04. The van der Waals surface area contributed by atoms with E-state index in [0.29, 0.717) is 0 Å². The number of carbonyl (C=O) groups excluding carboxylic acids is 1. The van der Waals surface area contributed by atoms with Crippen molar-refractivity contribution >= 4 is 11.6 Å². The minimum atomic E-state index is -0.887. The van der Waals surface area contributed by atoms with Gasteiger partial charge in [0.2, 0.25) is 0 Å². The maximum atomic E-state index is 13.8. The molecule has 1 N–H and O–H groups in total. The second kappa shape index (κ2) is 7.26. The van der Waals surface area contributed by atoms with Crippen molar-refractivity contribution in [2.75, 3.05) is 5.32 Å². The lowest BCUT2D eigenvalue weighted by atomic mass is 10.2. The summed E-state index contributed by atoms with van der Waals surface area (Å²) < 4.78 is 41.8. The van der Waals surface area contributed by atoms with E-state index in [2.05, 4.69) is 5.32 Å². The number of amides is 1. The van der Waals surface area contributed by atoms with Gasteiger partial charge in [0, 0.05) is 17.8 Å². The molecule has 0 saturated carbocycles. The van der Waals surface area contributed by atoms with E-state index in [9.17, 15) is 22.8 Å². The Labute approximate surface area is 146 Å². The number of carbonyl (C=O) groups is 1. The van der Waals surface area contributed by atoms with Crippen molar-refractivity contribution in [1.82, 2.24) is 4.57 Å². The van der Waals surface area contributed by atoms with E-state index >= 15 is 0 Å². The van der Waals surface area contributed by atoms with Crippen molar-refractivity contribution < 1.29 is 18.0 Å². The van der Waals surface area contributed by atoms with Gasteiger partial charge in [-0.15, -0.1) is 0 Å². The monoisotopic (exact) mass is 358 g/mol. The molecule has 1 heterocycles. The molecule has 3 aromatic rings. The Morgan fingerprint density at radius 2 is 1.73 bits per heavy atom. The Morgan fingerprint density at radius 1 is 0.962 bits per heavy atom. The quantitative estimate of drug-likeness (QED) is 0.775. The van der Waals surface area contributed by atoms with E-state index < -0.39 is 28.9 Å². The van der Waals surface area contributed by atoms with Gasteiger partial charge < -0.3 is 9.88 Å². The summed E-state index contributed by atoms with van der Waals surface area (Å²) in [4.78, 5) is 24.8. The van der Waals surface area contributed by atoms with Crippen LogP contribution < -0.4 is 10.9 Å². The maximum absolute atomic E-state index is 13.8. The molecule has 0 saturated heterocycles. The van der Waals surface area contributed by atoms with Gasteiger partial charge in [0.05, 0.1) is 12.2 Å². The van der Waals surface area contributed by atoms with Crippen molar-refractivity contribution in [1.29, 1.82) is 0 Å². The predicted octanol–water partition coefficient (Wildman–Crippen LogP) is 3.57. The molecule has 26 heavy (non-hydrogen) atoms. The molecule has 1 amide bonds. The zero-order valence-corrected chi connectivity index (χ0v) is 13.4. The van der Waals surface area contributed by atoms with Gasteiger partial charge in [-0.2, -0.15) is 0 Å². The molecule has 0 atom stereocenters. The number of hydrogen-bond donors (Lipinski definition) is 1. The molecular formula is C19H13F3N2O2. The van der Waals surface area contributed by atoms with Crippen LogP contribution in [0, 0.1) is 17.5 Å². The number of nitrogens with zero attached hydrogens (tertiary/aromatic N) is 1. The van der Waals surface area contributed by atoms with Gasteiger partial charge >= 0.3 is 0 Å². The molecular weight excluding hydrogens is 345 g/mol. The highest BCUT2D eigenvalue weighted by Crippen LogP contribution is 2.16. The summed E-state index contributed by atoms with van der Waals surface area (Å²) in [5.74, 6) is -2.92. The van der Waals surface area contributed by atoms with E-state index in [-0.39, 0.29) is 23.4 Å². The fraction of sp³-hybridized carbons (Fsp3) is 0.0526. The first-order chi connectivity index (χ1) is 12.5. The third-order valence-electron chi connectivity index (χ3n) is 3.74. The molecule has 7 heteroatoms. The molecule has 0 spiro atoms. The predicted molar refractivity (Wildman–Crippen MR) is 90.5 cm³/mol. The van der Waals surface area contributed by atoms with Gasteiger partial charge in [-0.05, 0) is 30.3 Å². The van der Waals surface area contributed by atoms with Crippen molar-refractivity contribution in [2.45, 2.75) is 6.54 Å². The highest BCUT2D eigenvalue weighted by Gasteiger charge is 2.15. The van der Waals surface area contributed by atoms with Crippen molar-refractivity contribution in [3.63, 3.8) is 0 Å². The topological polar surface area (TPSA) is 51.1 Å². The van der Waals surface area contributed by atoms with Crippen LogP contribution >= 0.6 is 0 Å². The largest absolute Gasteiger partial charge is 0.319 e. The standard InChI is InChI=1S/C19H13F3N2O2/c20-13-7-8-16(22)17(10-13)23-18(25)14-5-3-9-24(19(14)26)11-12-4-1-2-6-15(12)21/h1-10H,11H2,(H,23,25). The smallest absolute Gasteiger partial charge is 0.263 e. The molecule has 0 aliphatic heterocycles. The lowest BCUT2D eigenvalue weighted by Gasteiger charge is -2.10. The number of halogens is 3. The SMILES string of the molecule is O=C(Nc1cc(F)ccc1F)c1cccn(Cc2ccccc2F)c1=O. The van der Waals surface area contributed by atoms with Crippen molar-refractivity contribution in [3.05, 3.63) is 99.7 Å². The molecule has 132 valence electrons. The van der Waals surface area contributed by atoms with E-state index in [1.807, 2.05) is 0 Å². The minimum absolute atomic E-state index is 0.0685. The summed E-state index contributed by atoms with van der Waals surface area (Å²) in [6.07, 6.45) is 1.41. The molecule has 0 aliphatic rings. The van der Waals surface area contributed by atoms with Gasteiger partial charge in [0.15, 0.2) is 0 Å². The van der Waals surface area contributed by atoms with Crippen LogP contribution in [0.2, 0.25) is 0 Å². The second-order valence-electron chi connectivity index (χ2n) is 5.52. The van der Waals surface area contributed by atoms with Crippen LogP contribution in [0.1, 0.15) is 15.9 Å². The Balaban J connectivity index is 1.89. The Bertz CT molecular complexity index is 1030. The number of aromatic nitrogens is 1. The minimum Gasteiger partial charge on any atom is -0.319 e. The molecule has 4 nitrogen and oxygen atoms in total. The van der Waals surface area contributed by atoms with E-state index in [0.717, 1.165) is 22.8 Å². The average Bonchev–Trinajstić information content (AvgIpc) is 2.61. The van der Waals surface area contributed by atoms with Gasteiger partial charge in [-0.1, -0.05) is 18.2 Å². The first-order valence-electron chi connectivity index (χ1n) is 7.65. The summed E-state index contributed by atoms with van der Waals surface area (Å²) >= 11 is 0. The van der Waals surface area contributed by atoms with Crippen LogP contribution in [-0.2, 0) is 6.54 Å². The Hall–Kier alpha value is -3.35. The Morgan fingerprint density at radius 3 is 2.50 bits per heavy atom. The summed E-state index contributed by atoms with van der Waals surface area (Å²) in [7, 11) is 0. The lowest BCUT2D eigenvalue weighted by molar-refractivity contribution is 0.102. The van der Waals surface area contributed by atoms with Crippen LogP contribution in [0.4, 0.5) is 18.9 Å². The van der Waals surface area contributed by atoms with Gasteiger partial charge in [-0.25, -0.2) is 13.2 Å².